The number of rotatable bonds is 5. The van der Waals surface area contributed by atoms with Crippen LogP contribution in [0.4, 0.5) is 4.79 Å². The fourth-order valence-corrected chi connectivity index (χ4v) is 0.618. The summed E-state index contributed by atoms with van der Waals surface area (Å²) in [5.41, 5.74) is 0. The number of aliphatic hydroxyl groups is 5. The summed E-state index contributed by atoms with van der Waals surface area (Å²) in [5.74, 6) is -0.833. The summed E-state index contributed by atoms with van der Waals surface area (Å²) in [6.07, 6.45) is -8.67. The molecule has 0 aliphatic heterocycles. The van der Waals surface area contributed by atoms with Crippen molar-refractivity contribution in [3.8, 4) is 0 Å². The molecule has 0 aromatic carbocycles. The molecule has 0 aliphatic carbocycles. The van der Waals surface area contributed by atoms with Crippen LogP contribution in [-0.2, 0) is 9.59 Å². The van der Waals surface area contributed by atoms with Gasteiger partial charge in [0.25, 0.3) is 5.97 Å². The predicted molar refractivity (Wildman–Crippen MR) is 61.1 cm³/mol. The van der Waals surface area contributed by atoms with Crippen LogP contribution in [0.15, 0.2) is 0 Å². The third-order valence-electron chi connectivity index (χ3n) is 1.42. The maximum atomic E-state index is 9.90. The molecule has 0 fully saturated rings. The minimum Gasteiger partial charge on any atom is -0.481 e. The highest BCUT2D eigenvalue weighted by Gasteiger charge is 2.29. The van der Waals surface area contributed by atoms with Crippen LogP contribution in [0.1, 0.15) is 6.92 Å². The van der Waals surface area contributed by atoms with Crippen LogP contribution in [0.5, 0.6) is 0 Å². The molecule has 0 saturated heterocycles. The van der Waals surface area contributed by atoms with Crippen molar-refractivity contribution in [3.05, 3.63) is 0 Å². The van der Waals surface area contributed by atoms with E-state index in [4.69, 9.17) is 50.4 Å². The second kappa shape index (κ2) is 13.6. The molecule has 0 aliphatic rings. The Bertz CT molecular complexity index is 259. The highest BCUT2D eigenvalue weighted by atomic mass is 16.6. The standard InChI is InChI=1S/C6H12O6.C2H4O2.CH2O3/c7-1-3(9)5(11)6(12)4(10)2-8;1-2(3)4;2-1(3)4/h1,3-6,8-12H,2H2;1H3,(H,3,4);(H2,2,3,4)/t3-,4+,5+,6+;;/m0../s1. The second-order valence-electron chi connectivity index (χ2n) is 3.16. The lowest BCUT2D eigenvalue weighted by atomic mass is 10.0. The molecule has 0 spiro atoms. The first-order valence-corrected chi connectivity index (χ1v) is 4.91. The summed E-state index contributed by atoms with van der Waals surface area (Å²) in [6.45, 7) is 0.323. The van der Waals surface area contributed by atoms with Crippen molar-refractivity contribution >= 4 is 18.4 Å². The van der Waals surface area contributed by atoms with E-state index in [0.717, 1.165) is 6.92 Å². The zero-order chi connectivity index (χ0) is 16.9. The minimum atomic E-state index is -1.83. The molecular formula is C9H18O11. The van der Waals surface area contributed by atoms with Crippen molar-refractivity contribution in [3.63, 3.8) is 0 Å². The maximum Gasteiger partial charge on any atom is 0.503 e. The first-order valence-electron chi connectivity index (χ1n) is 4.91. The summed E-state index contributed by atoms with van der Waals surface area (Å²) in [5, 5.41) is 64.9. The molecule has 0 bridgehead atoms. The number of aliphatic carboxylic acids is 1. The second-order valence-corrected chi connectivity index (χ2v) is 3.16. The summed E-state index contributed by atoms with van der Waals surface area (Å²) in [6, 6.07) is 0. The molecule has 0 rings (SSSR count). The quantitative estimate of drug-likeness (QED) is 0.238. The molecule has 8 N–H and O–H groups in total. The molecule has 0 aromatic rings. The van der Waals surface area contributed by atoms with Gasteiger partial charge in [0, 0.05) is 6.92 Å². The first kappa shape index (κ1) is 23.3. The normalized spacial score (nSPS) is 15.1. The van der Waals surface area contributed by atoms with Gasteiger partial charge in [0.1, 0.15) is 24.4 Å². The molecule has 0 unspecified atom stereocenters. The molecule has 4 atom stereocenters. The van der Waals surface area contributed by atoms with Crippen LogP contribution >= 0.6 is 0 Å². The lowest BCUT2D eigenvalue weighted by Gasteiger charge is -2.22. The van der Waals surface area contributed by atoms with Crippen LogP contribution in [0.2, 0.25) is 0 Å². The smallest absolute Gasteiger partial charge is 0.481 e. The maximum absolute atomic E-state index is 9.90. The van der Waals surface area contributed by atoms with Gasteiger partial charge in [0.05, 0.1) is 6.61 Å². The Morgan fingerprint density at radius 1 is 1.00 bits per heavy atom. The first-order chi connectivity index (χ1) is 9.00. The third-order valence-corrected chi connectivity index (χ3v) is 1.42. The zero-order valence-corrected chi connectivity index (χ0v) is 10.4. The van der Waals surface area contributed by atoms with Crippen LogP contribution in [0.3, 0.4) is 0 Å². The topological polar surface area (TPSA) is 213 Å². The Morgan fingerprint density at radius 2 is 1.30 bits per heavy atom. The predicted octanol–water partition coefficient (Wildman–Crippen LogP) is -3.07. The van der Waals surface area contributed by atoms with Gasteiger partial charge < -0.3 is 45.6 Å². The van der Waals surface area contributed by atoms with Gasteiger partial charge in [-0.05, 0) is 0 Å². The summed E-state index contributed by atoms with van der Waals surface area (Å²) in [7, 11) is 0. The van der Waals surface area contributed by atoms with Gasteiger partial charge in [-0.3, -0.25) is 4.79 Å². The summed E-state index contributed by atoms with van der Waals surface area (Å²) < 4.78 is 0. The summed E-state index contributed by atoms with van der Waals surface area (Å²) >= 11 is 0. The Balaban J connectivity index is -0.000000297. The van der Waals surface area contributed by atoms with Crippen molar-refractivity contribution in [2.45, 2.75) is 31.3 Å². The highest BCUT2D eigenvalue weighted by Crippen LogP contribution is 2.02. The molecule has 0 heterocycles. The lowest BCUT2D eigenvalue weighted by molar-refractivity contribution is -0.136. The van der Waals surface area contributed by atoms with Gasteiger partial charge in [-0.25, -0.2) is 4.79 Å². The van der Waals surface area contributed by atoms with E-state index in [1.165, 1.54) is 0 Å². The Morgan fingerprint density at radius 3 is 1.50 bits per heavy atom. The number of hydrogen-bond acceptors (Lipinski definition) is 8. The average molecular weight is 302 g/mol. The SMILES string of the molecule is CC(=O)O.O=C(O)O.O=C[C@H](O)[C@@H](O)[C@H](O)[C@H](O)CO. The van der Waals surface area contributed by atoms with Crippen molar-refractivity contribution < 1.29 is 55.2 Å². The molecular weight excluding hydrogens is 284 g/mol. The van der Waals surface area contributed by atoms with E-state index in [9.17, 15) is 4.79 Å². The Labute approximate surface area is 113 Å². The van der Waals surface area contributed by atoms with Gasteiger partial charge in [0.2, 0.25) is 0 Å². The van der Waals surface area contributed by atoms with Crippen LogP contribution < -0.4 is 0 Å². The van der Waals surface area contributed by atoms with E-state index in [2.05, 4.69) is 0 Å². The van der Waals surface area contributed by atoms with Gasteiger partial charge >= 0.3 is 6.16 Å². The van der Waals surface area contributed by atoms with Crippen LogP contribution in [0, 0.1) is 0 Å². The van der Waals surface area contributed by atoms with E-state index in [1.54, 1.807) is 0 Å². The number of carboxylic acid groups (broad SMARTS) is 3. The van der Waals surface area contributed by atoms with E-state index in [1.807, 2.05) is 0 Å². The fraction of sp³-hybridized carbons (Fsp3) is 0.667. The molecule has 0 saturated carbocycles. The molecule has 0 aromatic heterocycles. The summed E-state index contributed by atoms with van der Waals surface area (Å²) in [4.78, 5) is 27.5. The van der Waals surface area contributed by atoms with Crippen molar-refractivity contribution in [1.82, 2.24) is 0 Å². The number of hydrogen-bond donors (Lipinski definition) is 8. The molecule has 11 nitrogen and oxygen atoms in total. The van der Waals surface area contributed by atoms with E-state index in [0.29, 0.717) is 0 Å². The highest BCUT2D eigenvalue weighted by molar-refractivity contribution is 5.62. The number of carboxylic acids is 1. The average Bonchev–Trinajstić information content (AvgIpc) is 2.33. The monoisotopic (exact) mass is 302 g/mol. The van der Waals surface area contributed by atoms with Gasteiger partial charge in [0.15, 0.2) is 6.29 Å². The Hall–Kier alpha value is -1.79. The zero-order valence-electron chi connectivity index (χ0n) is 10.4. The molecule has 120 valence electrons. The van der Waals surface area contributed by atoms with Crippen molar-refractivity contribution in [2.75, 3.05) is 6.61 Å². The van der Waals surface area contributed by atoms with Crippen LogP contribution in [0.25, 0.3) is 0 Å². The van der Waals surface area contributed by atoms with Crippen molar-refractivity contribution in [2.24, 2.45) is 0 Å². The van der Waals surface area contributed by atoms with Crippen LogP contribution in [-0.4, -0.2) is 90.3 Å². The van der Waals surface area contributed by atoms with Crippen molar-refractivity contribution in [1.29, 1.82) is 0 Å². The molecule has 0 radical (unpaired) electrons. The number of aldehydes is 1. The minimum absolute atomic E-state index is 0.0258. The van der Waals surface area contributed by atoms with Gasteiger partial charge in [-0.1, -0.05) is 0 Å². The largest absolute Gasteiger partial charge is 0.503 e. The Kier molecular flexibility index (Phi) is 15.9. The van der Waals surface area contributed by atoms with E-state index >= 15 is 0 Å². The third kappa shape index (κ3) is 18.6. The fourth-order valence-electron chi connectivity index (χ4n) is 0.618. The number of aliphatic hydroxyl groups excluding tert-OH is 5. The molecule has 20 heavy (non-hydrogen) atoms. The lowest BCUT2D eigenvalue weighted by Crippen LogP contribution is -2.46. The number of carbonyl (C=O) groups is 3. The molecule has 0 amide bonds. The number of carbonyl (C=O) groups excluding carboxylic acids is 1. The molecule has 11 heteroatoms. The van der Waals surface area contributed by atoms with E-state index in [-0.39, 0.29) is 6.29 Å². The van der Waals surface area contributed by atoms with Gasteiger partial charge in [-0.2, -0.15) is 0 Å². The van der Waals surface area contributed by atoms with Gasteiger partial charge in [-0.15, -0.1) is 0 Å². The van der Waals surface area contributed by atoms with E-state index < -0.39 is 43.1 Å².